The summed E-state index contributed by atoms with van der Waals surface area (Å²) in [5.41, 5.74) is 1.61. The largest absolute Gasteiger partial charge is 0.298 e. The van der Waals surface area contributed by atoms with Crippen LogP contribution in [0.25, 0.3) is 6.08 Å². The van der Waals surface area contributed by atoms with E-state index >= 15 is 0 Å². The van der Waals surface area contributed by atoms with Crippen LogP contribution in [0.2, 0.25) is 0 Å². The predicted octanol–water partition coefficient (Wildman–Crippen LogP) is 2.07. The van der Waals surface area contributed by atoms with Crippen LogP contribution in [-0.4, -0.2) is 11.3 Å². The molecule has 0 radical (unpaired) electrons. The quantitative estimate of drug-likeness (QED) is 0.501. The lowest BCUT2D eigenvalue weighted by Gasteiger charge is -1.93. The topological polar surface area (TPSA) is 30.0 Å². The molecule has 1 aromatic rings. The number of pyridine rings is 1. The zero-order chi connectivity index (χ0) is 8.81. The van der Waals surface area contributed by atoms with E-state index in [0.29, 0.717) is 0 Å². The molecule has 0 aromatic carbocycles. The summed E-state index contributed by atoms with van der Waals surface area (Å²) in [4.78, 5) is 14.5. The van der Waals surface area contributed by atoms with Crippen LogP contribution in [0.1, 0.15) is 19.0 Å². The highest BCUT2D eigenvalue weighted by Crippen LogP contribution is 2.03. The van der Waals surface area contributed by atoms with Gasteiger partial charge in [0.1, 0.15) is 6.29 Å². The minimum Gasteiger partial charge on any atom is -0.298 e. The number of rotatable bonds is 3. The molecule has 0 spiro atoms. The highest BCUT2D eigenvalue weighted by atomic mass is 16.1. The molecule has 0 N–H and O–H groups in total. The first-order valence-electron chi connectivity index (χ1n) is 3.93. The highest BCUT2D eigenvalue weighted by Gasteiger charge is 1.91. The zero-order valence-electron chi connectivity index (χ0n) is 7.03. The number of carbonyl (C=O) groups is 1. The Morgan fingerprint density at radius 2 is 2.42 bits per heavy atom. The van der Waals surface area contributed by atoms with Crippen molar-refractivity contribution in [3.05, 3.63) is 35.7 Å². The molecular weight excluding hydrogens is 150 g/mol. The Balaban J connectivity index is 2.86. The molecule has 0 saturated carbocycles. The number of aldehydes is 1. The van der Waals surface area contributed by atoms with Crippen molar-refractivity contribution in [2.24, 2.45) is 0 Å². The highest BCUT2D eigenvalue weighted by molar-refractivity contribution is 5.80. The Kier molecular flexibility index (Phi) is 3.20. The van der Waals surface area contributed by atoms with Crippen molar-refractivity contribution in [3.8, 4) is 0 Å². The van der Waals surface area contributed by atoms with Crippen molar-refractivity contribution in [2.45, 2.75) is 13.3 Å². The predicted molar refractivity (Wildman–Crippen MR) is 48.6 cm³/mol. The summed E-state index contributed by atoms with van der Waals surface area (Å²) in [6, 6.07) is 5.62. The van der Waals surface area contributed by atoms with Crippen LogP contribution in [0.4, 0.5) is 0 Å². The zero-order valence-corrected chi connectivity index (χ0v) is 7.03. The second kappa shape index (κ2) is 4.44. The third kappa shape index (κ3) is 2.31. The fourth-order valence-electron chi connectivity index (χ4n) is 0.871. The van der Waals surface area contributed by atoms with Crippen molar-refractivity contribution in [3.63, 3.8) is 0 Å². The normalized spacial score (nSPS) is 11.2. The molecule has 0 bridgehead atoms. The molecule has 0 fully saturated rings. The van der Waals surface area contributed by atoms with E-state index < -0.39 is 0 Å². The third-order valence-electron chi connectivity index (χ3n) is 1.58. The van der Waals surface area contributed by atoms with Crippen molar-refractivity contribution in [2.75, 3.05) is 0 Å². The minimum atomic E-state index is 0.750. The monoisotopic (exact) mass is 161 g/mol. The molecule has 0 amide bonds. The van der Waals surface area contributed by atoms with Crippen LogP contribution < -0.4 is 0 Å². The van der Waals surface area contributed by atoms with E-state index in [1.807, 2.05) is 25.1 Å². The van der Waals surface area contributed by atoms with E-state index in [0.717, 1.165) is 24.0 Å². The molecule has 0 aliphatic rings. The number of hydrogen-bond acceptors (Lipinski definition) is 2. The summed E-state index contributed by atoms with van der Waals surface area (Å²) < 4.78 is 0. The first-order valence-corrected chi connectivity index (χ1v) is 3.93. The van der Waals surface area contributed by atoms with Gasteiger partial charge in [-0.05, 0) is 30.2 Å². The van der Waals surface area contributed by atoms with Gasteiger partial charge in [0.15, 0.2) is 0 Å². The number of aromatic nitrogens is 1. The molecule has 0 aliphatic heterocycles. The SMILES string of the molecule is CC/C(C=O)=C/c1ccccn1. The van der Waals surface area contributed by atoms with Gasteiger partial charge >= 0.3 is 0 Å². The van der Waals surface area contributed by atoms with Gasteiger partial charge in [-0.25, -0.2) is 0 Å². The maximum Gasteiger partial charge on any atom is 0.146 e. The lowest BCUT2D eigenvalue weighted by atomic mass is 10.2. The number of carbonyl (C=O) groups excluding carboxylic acids is 1. The van der Waals surface area contributed by atoms with Crippen molar-refractivity contribution >= 4 is 12.4 Å². The summed E-state index contributed by atoms with van der Waals surface area (Å²) in [5.74, 6) is 0. The smallest absolute Gasteiger partial charge is 0.146 e. The summed E-state index contributed by atoms with van der Waals surface area (Å²) in [6.45, 7) is 1.95. The minimum absolute atomic E-state index is 0.750. The molecule has 2 nitrogen and oxygen atoms in total. The van der Waals surface area contributed by atoms with Gasteiger partial charge in [0.2, 0.25) is 0 Å². The van der Waals surface area contributed by atoms with Gasteiger partial charge in [-0.15, -0.1) is 0 Å². The first-order chi connectivity index (χ1) is 5.86. The lowest BCUT2D eigenvalue weighted by Crippen LogP contribution is -1.84. The van der Waals surface area contributed by atoms with E-state index in [-0.39, 0.29) is 0 Å². The molecule has 62 valence electrons. The van der Waals surface area contributed by atoms with Crippen molar-refractivity contribution in [1.29, 1.82) is 0 Å². The maximum atomic E-state index is 10.4. The van der Waals surface area contributed by atoms with Crippen LogP contribution in [0.15, 0.2) is 30.0 Å². The van der Waals surface area contributed by atoms with E-state index in [1.165, 1.54) is 0 Å². The molecule has 0 saturated heterocycles. The second-order valence-electron chi connectivity index (χ2n) is 2.45. The van der Waals surface area contributed by atoms with Crippen LogP contribution in [-0.2, 0) is 4.79 Å². The van der Waals surface area contributed by atoms with Gasteiger partial charge in [0, 0.05) is 6.20 Å². The van der Waals surface area contributed by atoms with Gasteiger partial charge in [-0.1, -0.05) is 13.0 Å². The van der Waals surface area contributed by atoms with Crippen LogP contribution in [0, 0.1) is 0 Å². The van der Waals surface area contributed by atoms with Crippen molar-refractivity contribution < 1.29 is 4.79 Å². The molecule has 0 atom stereocenters. The fourth-order valence-corrected chi connectivity index (χ4v) is 0.871. The van der Waals surface area contributed by atoms with Gasteiger partial charge in [0.05, 0.1) is 5.69 Å². The van der Waals surface area contributed by atoms with E-state index in [4.69, 9.17) is 0 Å². The van der Waals surface area contributed by atoms with E-state index in [9.17, 15) is 4.79 Å². The average molecular weight is 161 g/mol. The van der Waals surface area contributed by atoms with E-state index in [2.05, 4.69) is 4.98 Å². The molecule has 0 unspecified atom stereocenters. The number of nitrogens with zero attached hydrogens (tertiary/aromatic N) is 1. The molecule has 1 heterocycles. The van der Waals surface area contributed by atoms with Gasteiger partial charge in [-0.2, -0.15) is 0 Å². The van der Waals surface area contributed by atoms with Gasteiger partial charge in [-0.3, -0.25) is 9.78 Å². The summed E-state index contributed by atoms with van der Waals surface area (Å²) in [5, 5.41) is 0. The Morgan fingerprint density at radius 1 is 1.58 bits per heavy atom. The number of hydrogen-bond donors (Lipinski definition) is 0. The van der Waals surface area contributed by atoms with Crippen LogP contribution >= 0.6 is 0 Å². The Labute approximate surface area is 71.9 Å². The molecule has 1 rings (SSSR count). The Hall–Kier alpha value is -1.44. The first kappa shape index (κ1) is 8.65. The lowest BCUT2D eigenvalue weighted by molar-refractivity contribution is -0.104. The standard InChI is InChI=1S/C10H11NO/c1-2-9(8-12)7-10-5-3-4-6-11-10/h3-8H,2H2,1H3/b9-7-. The van der Waals surface area contributed by atoms with Gasteiger partial charge < -0.3 is 0 Å². The number of allylic oxidation sites excluding steroid dienone is 1. The fraction of sp³-hybridized carbons (Fsp3) is 0.200. The third-order valence-corrected chi connectivity index (χ3v) is 1.58. The summed E-state index contributed by atoms with van der Waals surface area (Å²) in [7, 11) is 0. The Morgan fingerprint density at radius 3 is 2.92 bits per heavy atom. The summed E-state index contributed by atoms with van der Waals surface area (Å²) >= 11 is 0. The summed E-state index contributed by atoms with van der Waals surface area (Å²) in [6.07, 6.45) is 5.13. The van der Waals surface area contributed by atoms with Gasteiger partial charge in [0.25, 0.3) is 0 Å². The molecule has 0 aliphatic carbocycles. The van der Waals surface area contributed by atoms with Crippen molar-refractivity contribution in [1.82, 2.24) is 4.98 Å². The maximum absolute atomic E-state index is 10.4. The second-order valence-corrected chi connectivity index (χ2v) is 2.45. The molecule has 12 heavy (non-hydrogen) atoms. The van der Waals surface area contributed by atoms with E-state index in [1.54, 1.807) is 12.3 Å². The average Bonchev–Trinajstić information content (AvgIpc) is 2.16. The molecule has 2 heteroatoms. The molecular formula is C10H11NO. The van der Waals surface area contributed by atoms with Crippen LogP contribution in [0.5, 0.6) is 0 Å². The molecule has 1 aromatic heterocycles. The Bertz CT molecular complexity index is 277. The van der Waals surface area contributed by atoms with Crippen LogP contribution in [0.3, 0.4) is 0 Å².